The average molecular weight is 637 g/mol. The van der Waals surface area contributed by atoms with E-state index in [4.69, 9.17) is 35.6 Å². The number of nitrogen functional groups attached to an aromatic ring is 1. The summed E-state index contributed by atoms with van der Waals surface area (Å²) < 4.78 is 0. The molecule has 4 aromatic carbocycles. The van der Waals surface area contributed by atoms with Gasteiger partial charge in [0.25, 0.3) is 0 Å². The minimum absolute atomic E-state index is 0. The van der Waals surface area contributed by atoms with Crippen molar-refractivity contribution in [2.45, 2.75) is 0 Å². The van der Waals surface area contributed by atoms with Gasteiger partial charge in [-0.25, -0.2) is 29.9 Å². The Labute approximate surface area is 253 Å². The molecule has 9 rings (SSSR count). The zero-order valence-corrected chi connectivity index (χ0v) is 23.2. The number of aromatic nitrogens is 8. The van der Waals surface area contributed by atoms with Crippen molar-refractivity contribution in [1.82, 2.24) is 39.9 Å². The maximum atomic E-state index is 6.49. The number of nitrogens with one attached hydrogen (secondary N) is 2. The van der Waals surface area contributed by atoms with Crippen LogP contribution >= 0.6 is 0 Å². The molecule has 42 heavy (non-hydrogen) atoms. The van der Waals surface area contributed by atoms with E-state index in [1.165, 1.54) is 0 Å². The summed E-state index contributed by atoms with van der Waals surface area (Å²) in [5.74, 6) is 2.25. The van der Waals surface area contributed by atoms with Gasteiger partial charge in [0.1, 0.15) is 22.6 Å². The van der Waals surface area contributed by atoms with Gasteiger partial charge in [0.05, 0.1) is 5.39 Å². The van der Waals surface area contributed by atoms with Crippen LogP contribution in [0, 0.1) is 0 Å². The maximum absolute atomic E-state index is 6.49. The Hall–Kier alpha value is -5.22. The molecule has 10 heteroatoms. The van der Waals surface area contributed by atoms with E-state index in [-0.39, 0.29) is 22.4 Å². The minimum Gasteiger partial charge on any atom is -0.398 e. The van der Waals surface area contributed by atoms with Crippen molar-refractivity contribution in [3.8, 4) is 45.6 Å². The molecule has 9 nitrogen and oxygen atoms in total. The summed E-state index contributed by atoms with van der Waals surface area (Å²) in [6.07, 6.45) is 0. The van der Waals surface area contributed by atoms with Crippen LogP contribution in [0.1, 0.15) is 0 Å². The van der Waals surface area contributed by atoms with E-state index in [1.807, 2.05) is 91.0 Å². The van der Waals surface area contributed by atoms with E-state index in [2.05, 4.69) is 9.97 Å². The molecular formula is C32H19AgN9. The maximum Gasteiger partial charge on any atom is 0.164 e. The van der Waals surface area contributed by atoms with Crippen LogP contribution in [-0.4, -0.2) is 39.9 Å². The average Bonchev–Trinajstić information content (AvgIpc) is 3.73. The van der Waals surface area contributed by atoms with Gasteiger partial charge in [0.15, 0.2) is 23.3 Å². The van der Waals surface area contributed by atoms with Crippen molar-refractivity contribution >= 4 is 49.8 Å². The standard InChI is InChI=1S/C32H19N9.Ag/c33-23-15-7-14-22-24(23)32-40-30-21-13-6-5-12-20(21)28(38-30)36-26-17-9-2-1-8-16(17)25(34-26)35-27-18-10-3-4-11-19(18)29(37-27)39-31(22)41-32;/h1-15H,33H2,(H2,34,35,36,37,38,39,40,41);. The molecule has 1 radical (unpaired) electrons. The second-order valence-corrected chi connectivity index (χ2v) is 10.0. The Bertz CT molecular complexity index is 2400. The van der Waals surface area contributed by atoms with Gasteiger partial charge in [-0.1, -0.05) is 84.9 Å². The first-order valence-electron chi connectivity index (χ1n) is 13.2. The van der Waals surface area contributed by atoms with Gasteiger partial charge in [0.2, 0.25) is 0 Å². The molecule has 203 valence electrons. The Morgan fingerprint density at radius 2 is 0.786 bits per heavy atom. The van der Waals surface area contributed by atoms with Crippen LogP contribution in [0.25, 0.3) is 89.7 Å². The summed E-state index contributed by atoms with van der Waals surface area (Å²) in [5, 5.41) is 3.51. The summed E-state index contributed by atoms with van der Waals surface area (Å²) in [7, 11) is 0. The first-order chi connectivity index (χ1) is 20.2. The number of aromatic amines is 2. The molecule has 2 aliphatic rings. The van der Waals surface area contributed by atoms with Crippen LogP contribution in [0.2, 0.25) is 0 Å². The molecular weight excluding hydrogens is 618 g/mol. The fraction of sp³-hybridized carbons (Fsp3) is 0. The second kappa shape index (κ2) is 9.15. The molecule has 0 amide bonds. The van der Waals surface area contributed by atoms with Gasteiger partial charge in [0, 0.05) is 66.5 Å². The number of rotatable bonds is 0. The quantitative estimate of drug-likeness (QED) is 0.129. The van der Waals surface area contributed by atoms with E-state index < -0.39 is 0 Å². The SMILES string of the molecule is Nc1cccc2c3nc4nc(nc5[nH]c(nc6nc(nc([nH]3)c12)-c1ccccc1-6)c1ccccc51)-c1ccccc1-4.[Ag]. The van der Waals surface area contributed by atoms with Crippen molar-refractivity contribution < 1.29 is 22.4 Å². The van der Waals surface area contributed by atoms with E-state index in [0.29, 0.717) is 51.6 Å². The first-order valence-corrected chi connectivity index (χ1v) is 13.2. The predicted molar refractivity (Wildman–Crippen MR) is 160 cm³/mol. The number of H-pyrrole nitrogens is 2. The normalized spacial score (nSPS) is 11.7. The van der Waals surface area contributed by atoms with E-state index in [9.17, 15) is 0 Å². The third kappa shape index (κ3) is 3.55. The number of benzene rings is 4. The van der Waals surface area contributed by atoms with Gasteiger partial charge in [-0.3, -0.25) is 0 Å². The molecule has 0 unspecified atom stereocenters. The molecule has 0 spiro atoms. The van der Waals surface area contributed by atoms with E-state index >= 15 is 0 Å². The van der Waals surface area contributed by atoms with Crippen molar-refractivity contribution in [3.63, 3.8) is 0 Å². The Morgan fingerprint density at radius 3 is 1.29 bits per heavy atom. The van der Waals surface area contributed by atoms with Crippen LogP contribution in [-0.2, 0) is 22.4 Å². The smallest absolute Gasteiger partial charge is 0.164 e. The fourth-order valence-corrected chi connectivity index (χ4v) is 5.72. The van der Waals surface area contributed by atoms with Crippen LogP contribution in [0.3, 0.4) is 0 Å². The zero-order valence-electron chi connectivity index (χ0n) is 21.7. The third-order valence-corrected chi connectivity index (χ3v) is 7.61. The number of anilines is 1. The fourth-order valence-electron chi connectivity index (χ4n) is 5.72. The van der Waals surface area contributed by atoms with Crippen molar-refractivity contribution in [1.29, 1.82) is 0 Å². The molecule has 8 bridgehead atoms. The van der Waals surface area contributed by atoms with Crippen molar-refractivity contribution in [2.24, 2.45) is 0 Å². The van der Waals surface area contributed by atoms with Gasteiger partial charge in [-0.15, -0.1) is 0 Å². The van der Waals surface area contributed by atoms with Crippen LogP contribution < -0.4 is 5.73 Å². The molecule has 3 aromatic heterocycles. The van der Waals surface area contributed by atoms with E-state index in [0.717, 1.165) is 43.8 Å². The monoisotopic (exact) mass is 636 g/mol. The second-order valence-electron chi connectivity index (χ2n) is 10.0. The van der Waals surface area contributed by atoms with Gasteiger partial charge in [-0.05, 0) is 6.07 Å². The molecule has 0 atom stereocenters. The van der Waals surface area contributed by atoms with Crippen LogP contribution in [0.5, 0.6) is 0 Å². The number of hydrogen-bond acceptors (Lipinski definition) is 7. The molecule has 4 N–H and O–H groups in total. The number of fused-ring (bicyclic) bond motifs is 20. The largest absolute Gasteiger partial charge is 0.398 e. The summed E-state index contributed by atoms with van der Waals surface area (Å²) in [5.41, 5.74) is 13.2. The number of nitrogens with zero attached hydrogens (tertiary/aromatic N) is 6. The summed E-state index contributed by atoms with van der Waals surface area (Å²) in [4.78, 5) is 36.7. The zero-order chi connectivity index (χ0) is 27.1. The van der Waals surface area contributed by atoms with Crippen molar-refractivity contribution in [2.75, 3.05) is 5.73 Å². The van der Waals surface area contributed by atoms with E-state index in [1.54, 1.807) is 0 Å². The molecule has 0 aliphatic carbocycles. The molecule has 7 aromatic rings. The number of hydrogen-bond donors (Lipinski definition) is 3. The number of nitrogens with two attached hydrogens (primary N) is 1. The molecule has 0 saturated heterocycles. The summed E-state index contributed by atoms with van der Waals surface area (Å²) >= 11 is 0. The third-order valence-electron chi connectivity index (χ3n) is 7.61. The van der Waals surface area contributed by atoms with Crippen molar-refractivity contribution in [3.05, 3.63) is 91.0 Å². The minimum atomic E-state index is 0. The molecule has 5 heterocycles. The summed E-state index contributed by atoms with van der Waals surface area (Å²) in [6, 6.07) is 29.7. The summed E-state index contributed by atoms with van der Waals surface area (Å²) in [6.45, 7) is 0. The van der Waals surface area contributed by atoms with Gasteiger partial charge in [-0.2, -0.15) is 0 Å². The topological polar surface area (TPSA) is 135 Å². The molecule has 0 saturated carbocycles. The molecule has 0 fully saturated rings. The van der Waals surface area contributed by atoms with Gasteiger partial charge >= 0.3 is 0 Å². The Balaban J connectivity index is 0.00000267. The Kier molecular flexibility index (Phi) is 5.35. The Morgan fingerprint density at radius 1 is 0.405 bits per heavy atom. The van der Waals surface area contributed by atoms with Crippen LogP contribution in [0.15, 0.2) is 91.0 Å². The van der Waals surface area contributed by atoms with Gasteiger partial charge < -0.3 is 15.7 Å². The first kappa shape index (κ1) is 24.6. The predicted octanol–water partition coefficient (Wildman–Crippen LogP) is 6.45. The molecule has 2 aliphatic heterocycles. The van der Waals surface area contributed by atoms with Crippen LogP contribution in [0.4, 0.5) is 5.69 Å².